The van der Waals surface area contributed by atoms with Crippen LogP contribution in [-0.2, 0) is 7.05 Å². The Labute approximate surface area is 72.3 Å². The van der Waals surface area contributed by atoms with E-state index in [2.05, 4.69) is 22.8 Å². The quantitative estimate of drug-likeness (QED) is 0.597. The van der Waals surface area contributed by atoms with E-state index in [0.717, 1.165) is 0 Å². The Morgan fingerprint density at radius 1 is 1.25 bits per heavy atom. The van der Waals surface area contributed by atoms with Gasteiger partial charge < -0.3 is 4.57 Å². The maximum absolute atomic E-state index is 3.06. The second kappa shape index (κ2) is 2.86. The maximum atomic E-state index is 3.06. The van der Waals surface area contributed by atoms with Gasteiger partial charge in [-0.25, -0.2) is 0 Å². The zero-order chi connectivity index (χ0) is 8.39. The highest BCUT2D eigenvalue weighted by Crippen LogP contribution is 2.17. The number of benzene rings is 1. The van der Waals surface area contributed by atoms with E-state index in [9.17, 15) is 0 Å². The van der Waals surface area contributed by atoms with Gasteiger partial charge in [0.2, 0.25) is 0 Å². The molecule has 0 atom stereocenters. The third-order valence-electron chi connectivity index (χ3n) is 1.95. The molecule has 0 amide bonds. The van der Waals surface area contributed by atoms with Gasteiger partial charge in [-0.2, -0.15) is 0 Å². The minimum atomic E-state index is 1.21. The van der Waals surface area contributed by atoms with Crippen LogP contribution in [-0.4, -0.2) is 4.57 Å². The molecule has 1 radical (unpaired) electrons. The molecule has 0 fully saturated rings. The third kappa shape index (κ3) is 1.14. The van der Waals surface area contributed by atoms with Gasteiger partial charge in [-0.1, -0.05) is 18.2 Å². The van der Waals surface area contributed by atoms with Gasteiger partial charge in [-0.3, -0.25) is 0 Å². The largest absolute Gasteiger partial charge is 0.351 e. The SMILES string of the molecule is Cn1cccc1-c1c[c]ccc1. The average Bonchev–Trinajstić information content (AvgIpc) is 2.53. The molecule has 0 aliphatic heterocycles. The van der Waals surface area contributed by atoms with E-state index < -0.39 is 0 Å². The molecule has 0 spiro atoms. The Kier molecular flexibility index (Phi) is 1.71. The number of rotatable bonds is 1. The number of aromatic nitrogens is 1. The minimum Gasteiger partial charge on any atom is -0.351 e. The molecule has 0 aliphatic rings. The molecule has 0 saturated carbocycles. The third-order valence-corrected chi connectivity index (χ3v) is 1.95. The number of nitrogens with zero attached hydrogens (tertiary/aromatic N) is 1. The first kappa shape index (κ1) is 7.17. The molecule has 0 saturated heterocycles. The Morgan fingerprint density at radius 2 is 2.17 bits per heavy atom. The van der Waals surface area contributed by atoms with Crippen LogP contribution in [0.25, 0.3) is 11.3 Å². The maximum Gasteiger partial charge on any atom is 0.0477 e. The lowest BCUT2D eigenvalue weighted by Crippen LogP contribution is -1.87. The van der Waals surface area contributed by atoms with Crippen LogP contribution in [0, 0.1) is 6.07 Å². The Balaban J connectivity index is 2.51. The van der Waals surface area contributed by atoms with Crippen LogP contribution in [0.2, 0.25) is 0 Å². The van der Waals surface area contributed by atoms with Crippen molar-refractivity contribution in [2.45, 2.75) is 0 Å². The van der Waals surface area contributed by atoms with Crippen molar-refractivity contribution in [3.8, 4) is 11.3 Å². The van der Waals surface area contributed by atoms with E-state index in [0.29, 0.717) is 0 Å². The Hall–Kier alpha value is -1.50. The lowest BCUT2D eigenvalue weighted by Gasteiger charge is -2.01. The van der Waals surface area contributed by atoms with Gasteiger partial charge in [0, 0.05) is 18.9 Å². The summed E-state index contributed by atoms with van der Waals surface area (Å²) in [6.45, 7) is 0. The summed E-state index contributed by atoms with van der Waals surface area (Å²) in [7, 11) is 2.04. The lowest BCUT2D eigenvalue weighted by atomic mass is 10.2. The van der Waals surface area contributed by atoms with Gasteiger partial charge in [-0.05, 0) is 29.8 Å². The van der Waals surface area contributed by atoms with Crippen LogP contribution < -0.4 is 0 Å². The van der Waals surface area contributed by atoms with E-state index >= 15 is 0 Å². The molecular weight excluding hydrogens is 146 g/mol. The number of hydrogen-bond acceptors (Lipinski definition) is 0. The van der Waals surface area contributed by atoms with Gasteiger partial charge in [0.25, 0.3) is 0 Å². The molecule has 1 heterocycles. The summed E-state index contributed by atoms with van der Waals surface area (Å²) in [5.74, 6) is 0. The fourth-order valence-corrected chi connectivity index (χ4v) is 1.31. The van der Waals surface area contributed by atoms with E-state index in [1.165, 1.54) is 11.3 Å². The van der Waals surface area contributed by atoms with E-state index in [1.807, 2.05) is 37.5 Å². The molecular formula is C11H10N. The molecule has 1 nitrogen and oxygen atoms in total. The second-order valence-corrected chi connectivity index (χ2v) is 2.80. The minimum absolute atomic E-state index is 1.21. The molecule has 59 valence electrons. The number of hydrogen-bond donors (Lipinski definition) is 0. The van der Waals surface area contributed by atoms with Crippen molar-refractivity contribution in [1.82, 2.24) is 4.57 Å². The fourth-order valence-electron chi connectivity index (χ4n) is 1.31. The summed E-state index contributed by atoms with van der Waals surface area (Å²) in [6, 6.07) is 15.2. The van der Waals surface area contributed by atoms with Gasteiger partial charge in [0.1, 0.15) is 0 Å². The summed E-state index contributed by atoms with van der Waals surface area (Å²) in [5.41, 5.74) is 2.44. The predicted molar refractivity (Wildman–Crippen MR) is 49.7 cm³/mol. The lowest BCUT2D eigenvalue weighted by molar-refractivity contribution is 0.937. The monoisotopic (exact) mass is 156 g/mol. The van der Waals surface area contributed by atoms with Crippen molar-refractivity contribution in [3.63, 3.8) is 0 Å². The predicted octanol–water partition coefficient (Wildman–Crippen LogP) is 2.49. The van der Waals surface area contributed by atoms with Gasteiger partial charge in [0.05, 0.1) is 0 Å². The molecule has 0 N–H and O–H groups in total. The summed E-state index contributed by atoms with van der Waals surface area (Å²) in [6.07, 6.45) is 2.04. The molecule has 0 unspecified atom stereocenters. The van der Waals surface area contributed by atoms with Crippen LogP contribution in [0.15, 0.2) is 42.6 Å². The van der Waals surface area contributed by atoms with Crippen LogP contribution >= 0.6 is 0 Å². The second-order valence-electron chi connectivity index (χ2n) is 2.80. The van der Waals surface area contributed by atoms with E-state index in [1.54, 1.807) is 0 Å². The van der Waals surface area contributed by atoms with Crippen LogP contribution in [0.3, 0.4) is 0 Å². The zero-order valence-electron chi connectivity index (χ0n) is 6.99. The van der Waals surface area contributed by atoms with Crippen LogP contribution in [0.4, 0.5) is 0 Å². The van der Waals surface area contributed by atoms with Gasteiger partial charge in [0.15, 0.2) is 0 Å². The normalized spacial score (nSPS) is 10.1. The number of aryl methyl sites for hydroxylation is 1. The zero-order valence-corrected chi connectivity index (χ0v) is 6.99. The Morgan fingerprint density at radius 3 is 2.75 bits per heavy atom. The van der Waals surface area contributed by atoms with Crippen molar-refractivity contribution < 1.29 is 0 Å². The highest BCUT2D eigenvalue weighted by Gasteiger charge is 1.97. The van der Waals surface area contributed by atoms with Crippen molar-refractivity contribution in [3.05, 3.63) is 48.7 Å². The smallest absolute Gasteiger partial charge is 0.0477 e. The summed E-state index contributed by atoms with van der Waals surface area (Å²) in [4.78, 5) is 0. The Bertz CT molecular complexity index is 360. The standard InChI is InChI=1S/C11H10N/c1-12-9-5-8-11(12)10-6-3-2-4-7-10/h2-3,5-9H,1H3. The van der Waals surface area contributed by atoms with Crippen LogP contribution in [0.1, 0.15) is 0 Å². The first-order valence-electron chi connectivity index (χ1n) is 3.96. The highest BCUT2D eigenvalue weighted by atomic mass is 14.9. The molecule has 1 aromatic carbocycles. The van der Waals surface area contributed by atoms with Crippen molar-refractivity contribution in [2.24, 2.45) is 7.05 Å². The van der Waals surface area contributed by atoms with Gasteiger partial charge in [-0.15, -0.1) is 0 Å². The first-order valence-corrected chi connectivity index (χ1v) is 3.96. The average molecular weight is 156 g/mol. The molecule has 2 rings (SSSR count). The van der Waals surface area contributed by atoms with Crippen molar-refractivity contribution >= 4 is 0 Å². The fraction of sp³-hybridized carbons (Fsp3) is 0.0909. The molecule has 1 aromatic heterocycles. The molecule has 1 heteroatoms. The van der Waals surface area contributed by atoms with Crippen molar-refractivity contribution in [1.29, 1.82) is 0 Å². The highest BCUT2D eigenvalue weighted by molar-refractivity contribution is 5.59. The van der Waals surface area contributed by atoms with Gasteiger partial charge >= 0.3 is 0 Å². The summed E-state index contributed by atoms with van der Waals surface area (Å²) >= 11 is 0. The molecule has 12 heavy (non-hydrogen) atoms. The van der Waals surface area contributed by atoms with Crippen molar-refractivity contribution in [2.75, 3.05) is 0 Å². The summed E-state index contributed by atoms with van der Waals surface area (Å²) < 4.78 is 2.10. The molecule has 0 bridgehead atoms. The molecule has 0 aliphatic carbocycles. The van der Waals surface area contributed by atoms with E-state index in [4.69, 9.17) is 0 Å². The molecule has 2 aromatic rings. The topological polar surface area (TPSA) is 4.93 Å². The summed E-state index contributed by atoms with van der Waals surface area (Å²) in [5, 5.41) is 0. The first-order chi connectivity index (χ1) is 5.88. The van der Waals surface area contributed by atoms with E-state index in [-0.39, 0.29) is 0 Å². The van der Waals surface area contributed by atoms with Crippen LogP contribution in [0.5, 0.6) is 0 Å².